The van der Waals surface area contributed by atoms with Gasteiger partial charge < -0.3 is 5.32 Å². The van der Waals surface area contributed by atoms with Crippen LogP contribution >= 0.6 is 11.6 Å². The summed E-state index contributed by atoms with van der Waals surface area (Å²) in [6.45, 7) is 0. The Labute approximate surface area is 128 Å². The summed E-state index contributed by atoms with van der Waals surface area (Å²) in [6, 6.07) is 6.59. The van der Waals surface area contributed by atoms with E-state index in [0.717, 1.165) is 29.8 Å². The quantitative estimate of drug-likeness (QED) is 0.674. The van der Waals surface area contributed by atoms with E-state index in [1.54, 1.807) is 24.3 Å². The van der Waals surface area contributed by atoms with Crippen LogP contribution in [0.1, 0.15) is 37.7 Å². The van der Waals surface area contributed by atoms with E-state index in [9.17, 15) is 9.59 Å². The first-order chi connectivity index (χ1) is 10.1. The minimum atomic E-state index is -0.729. The Morgan fingerprint density at radius 1 is 1.14 bits per heavy atom. The van der Waals surface area contributed by atoms with Gasteiger partial charge in [0.15, 0.2) is 0 Å². The summed E-state index contributed by atoms with van der Waals surface area (Å²) in [5, 5.41) is 8.43. The fourth-order valence-corrected chi connectivity index (χ4v) is 3.00. The van der Waals surface area contributed by atoms with Gasteiger partial charge in [0.25, 0.3) is 5.91 Å². The molecule has 0 radical (unpaired) electrons. The zero-order chi connectivity index (χ0) is 14.9. The van der Waals surface area contributed by atoms with Crippen molar-refractivity contribution in [2.24, 2.45) is 5.10 Å². The molecule has 1 aromatic rings. The van der Waals surface area contributed by atoms with Crippen LogP contribution in [-0.4, -0.2) is 28.7 Å². The number of halogens is 1. The monoisotopic (exact) mass is 305 g/mol. The van der Waals surface area contributed by atoms with Gasteiger partial charge in [0.05, 0.1) is 6.21 Å². The summed E-state index contributed by atoms with van der Waals surface area (Å²) >= 11 is 5.81. The average molecular weight is 306 g/mol. The molecule has 2 aliphatic rings. The minimum absolute atomic E-state index is 0.239. The second-order valence-electron chi connectivity index (χ2n) is 5.49. The zero-order valence-electron chi connectivity index (χ0n) is 11.5. The molecule has 3 amide bonds. The molecule has 3 rings (SSSR count). The lowest BCUT2D eigenvalue weighted by molar-refractivity contribution is -0.132. The third kappa shape index (κ3) is 2.65. The van der Waals surface area contributed by atoms with Crippen LogP contribution in [0.5, 0.6) is 0 Å². The van der Waals surface area contributed by atoms with Crippen molar-refractivity contribution >= 4 is 29.8 Å². The number of imide groups is 1. The first-order valence-corrected chi connectivity index (χ1v) is 7.45. The molecule has 1 heterocycles. The number of carbonyl (C=O) groups excluding carboxylic acids is 2. The molecule has 1 aliphatic heterocycles. The topological polar surface area (TPSA) is 61.8 Å². The fourth-order valence-electron chi connectivity index (χ4n) is 2.88. The van der Waals surface area contributed by atoms with E-state index in [0.29, 0.717) is 17.9 Å². The van der Waals surface area contributed by atoms with Crippen LogP contribution in [0.4, 0.5) is 4.79 Å². The molecule has 0 aromatic heterocycles. The smallest absolute Gasteiger partial charge is 0.321 e. The second-order valence-corrected chi connectivity index (χ2v) is 5.92. The second kappa shape index (κ2) is 5.48. The third-order valence-electron chi connectivity index (χ3n) is 4.04. The van der Waals surface area contributed by atoms with Gasteiger partial charge in [-0.3, -0.25) is 4.79 Å². The standard InChI is InChI=1S/C15H16ClN3O2/c16-12-6-4-11(5-7-12)10-17-19-13(20)15(18-14(19)21)8-2-1-3-9-15/h4-7,10H,1-3,8-9H2,(H,18,21)/b17-10-. The molecule has 5 nitrogen and oxygen atoms in total. The maximum Gasteiger partial charge on any atom is 0.346 e. The van der Waals surface area contributed by atoms with E-state index in [1.807, 2.05) is 0 Å². The molecular formula is C15H16ClN3O2. The van der Waals surface area contributed by atoms with Crippen molar-refractivity contribution in [1.29, 1.82) is 0 Å². The summed E-state index contributed by atoms with van der Waals surface area (Å²) in [4.78, 5) is 24.5. The number of hydrazone groups is 1. The van der Waals surface area contributed by atoms with Crippen LogP contribution in [0.25, 0.3) is 0 Å². The van der Waals surface area contributed by atoms with E-state index in [4.69, 9.17) is 11.6 Å². The highest BCUT2D eigenvalue weighted by Crippen LogP contribution is 2.33. The molecule has 1 saturated carbocycles. The van der Waals surface area contributed by atoms with E-state index in [-0.39, 0.29) is 5.91 Å². The molecule has 0 unspecified atom stereocenters. The molecule has 1 spiro atoms. The molecule has 110 valence electrons. The van der Waals surface area contributed by atoms with Crippen molar-refractivity contribution < 1.29 is 9.59 Å². The van der Waals surface area contributed by atoms with Crippen LogP contribution in [0.15, 0.2) is 29.4 Å². The number of amides is 3. The zero-order valence-corrected chi connectivity index (χ0v) is 12.3. The van der Waals surface area contributed by atoms with E-state index in [2.05, 4.69) is 10.4 Å². The van der Waals surface area contributed by atoms with Crippen molar-refractivity contribution in [3.63, 3.8) is 0 Å². The first-order valence-electron chi connectivity index (χ1n) is 7.07. The Kier molecular flexibility index (Phi) is 3.68. The van der Waals surface area contributed by atoms with Gasteiger partial charge in [0, 0.05) is 5.02 Å². The number of benzene rings is 1. The number of nitrogens with zero attached hydrogens (tertiary/aromatic N) is 2. The summed E-state index contributed by atoms with van der Waals surface area (Å²) in [5.74, 6) is -0.239. The Hall–Kier alpha value is -1.88. The third-order valence-corrected chi connectivity index (χ3v) is 4.29. The van der Waals surface area contributed by atoms with Crippen molar-refractivity contribution in [3.05, 3.63) is 34.9 Å². The molecular weight excluding hydrogens is 290 g/mol. The molecule has 0 atom stereocenters. The molecule has 2 fully saturated rings. The van der Waals surface area contributed by atoms with E-state index < -0.39 is 11.6 Å². The number of hydrogen-bond acceptors (Lipinski definition) is 3. The Morgan fingerprint density at radius 3 is 2.48 bits per heavy atom. The van der Waals surface area contributed by atoms with Crippen LogP contribution in [0.3, 0.4) is 0 Å². The van der Waals surface area contributed by atoms with Crippen molar-refractivity contribution in [2.45, 2.75) is 37.6 Å². The highest BCUT2D eigenvalue weighted by molar-refractivity contribution is 6.30. The number of carbonyl (C=O) groups is 2. The van der Waals surface area contributed by atoms with Crippen LogP contribution < -0.4 is 5.32 Å². The summed E-state index contributed by atoms with van der Waals surface area (Å²) in [5.41, 5.74) is 0.0525. The number of rotatable bonds is 2. The molecule has 1 aromatic carbocycles. The molecule has 21 heavy (non-hydrogen) atoms. The van der Waals surface area contributed by atoms with Crippen LogP contribution in [-0.2, 0) is 4.79 Å². The molecule has 0 bridgehead atoms. The Morgan fingerprint density at radius 2 is 1.81 bits per heavy atom. The summed E-state index contributed by atoms with van der Waals surface area (Å²) < 4.78 is 0. The van der Waals surface area contributed by atoms with Gasteiger partial charge in [-0.15, -0.1) is 5.01 Å². The number of urea groups is 1. The Balaban J connectivity index is 1.77. The lowest BCUT2D eigenvalue weighted by Crippen LogP contribution is -2.48. The summed E-state index contributed by atoms with van der Waals surface area (Å²) in [7, 11) is 0. The van der Waals surface area contributed by atoms with Gasteiger partial charge >= 0.3 is 6.03 Å². The van der Waals surface area contributed by atoms with Crippen LogP contribution in [0, 0.1) is 0 Å². The number of hydrogen-bond donors (Lipinski definition) is 1. The lowest BCUT2D eigenvalue weighted by atomic mass is 9.82. The van der Waals surface area contributed by atoms with Gasteiger partial charge in [-0.2, -0.15) is 5.10 Å². The van der Waals surface area contributed by atoms with Crippen molar-refractivity contribution in [2.75, 3.05) is 0 Å². The molecule has 1 aliphatic carbocycles. The highest BCUT2D eigenvalue weighted by Gasteiger charge is 2.51. The Bertz CT molecular complexity index is 591. The maximum absolute atomic E-state index is 12.5. The lowest BCUT2D eigenvalue weighted by Gasteiger charge is -2.29. The predicted molar refractivity (Wildman–Crippen MR) is 80.2 cm³/mol. The van der Waals surface area contributed by atoms with E-state index >= 15 is 0 Å². The van der Waals surface area contributed by atoms with Crippen molar-refractivity contribution in [1.82, 2.24) is 10.3 Å². The predicted octanol–water partition coefficient (Wildman–Crippen LogP) is 2.93. The average Bonchev–Trinajstić information content (AvgIpc) is 2.71. The largest absolute Gasteiger partial charge is 0.346 e. The van der Waals surface area contributed by atoms with Crippen molar-refractivity contribution in [3.8, 4) is 0 Å². The van der Waals surface area contributed by atoms with Gasteiger partial charge in [-0.05, 0) is 30.5 Å². The molecule has 6 heteroatoms. The fraction of sp³-hybridized carbons (Fsp3) is 0.400. The van der Waals surface area contributed by atoms with Gasteiger partial charge in [-0.25, -0.2) is 4.79 Å². The highest BCUT2D eigenvalue weighted by atomic mass is 35.5. The normalized spacial score (nSPS) is 21.3. The first kappa shape index (κ1) is 14.1. The van der Waals surface area contributed by atoms with Gasteiger partial charge in [0.1, 0.15) is 5.54 Å². The number of nitrogens with one attached hydrogen (secondary N) is 1. The van der Waals surface area contributed by atoms with Crippen LogP contribution in [0.2, 0.25) is 5.02 Å². The molecule has 1 saturated heterocycles. The van der Waals surface area contributed by atoms with Gasteiger partial charge in [0.2, 0.25) is 0 Å². The maximum atomic E-state index is 12.5. The SMILES string of the molecule is O=C1NC2(CCCCC2)C(=O)N1/N=C\c1ccc(Cl)cc1. The van der Waals surface area contributed by atoms with E-state index in [1.165, 1.54) is 6.21 Å². The summed E-state index contributed by atoms with van der Waals surface area (Å²) in [6.07, 6.45) is 5.92. The van der Waals surface area contributed by atoms with Gasteiger partial charge in [-0.1, -0.05) is 43.0 Å². The minimum Gasteiger partial charge on any atom is -0.321 e. The molecule has 1 N–H and O–H groups in total.